The van der Waals surface area contributed by atoms with Crippen molar-refractivity contribution >= 4 is 63.5 Å². The third-order valence-corrected chi connectivity index (χ3v) is 5.71. The zero-order valence-electron chi connectivity index (χ0n) is 17.7. The third kappa shape index (κ3) is 4.90. The lowest BCUT2D eigenvalue weighted by atomic mass is 10.0. The van der Waals surface area contributed by atoms with Crippen LogP contribution in [0.1, 0.15) is 30.5 Å². The van der Waals surface area contributed by atoms with Crippen LogP contribution in [0.15, 0.2) is 35.9 Å². The molecule has 3 rings (SSSR count). The van der Waals surface area contributed by atoms with Crippen molar-refractivity contribution in [3.8, 4) is 11.5 Å². The molecular formula is C23H23IN2O4S. The number of ether oxygens (including phenoxy) is 2. The number of rotatable bonds is 6. The summed E-state index contributed by atoms with van der Waals surface area (Å²) >= 11 is 7.46. The van der Waals surface area contributed by atoms with E-state index in [1.807, 2.05) is 52.0 Å². The van der Waals surface area contributed by atoms with Gasteiger partial charge in [0.2, 0.25) is 0 Å². The Balaban J connectivity index is 2.06. The van der Waals surface area contributed by atoms with E-state index < -0.39 is 11.8 Å². The van der Waals surface area contributed by atoms with Gasteiger partial charge < -0.3 is 9.47 Å². The van der Waals surface area contributed by atoms with Gasteiger partial charge in [-0.3, -0.25) is 19.8 Å². The van der Waals surface area contributed by atoms with E-state index in [0.717, 1.165) is 14.7 Å². The third-order valence-electron chi connectivity index (χ3n) is 4.63. The number of hydrogen-bond donors (Lipinski definition) is 1. The SMILES string of the molecule is CCOc1cc(/C=C2\C(=O)NC(=S)N(c3ccc(C)cc3C)C2=O)cc(I)c1OCC. The summed E-state index contributed by atoms with van der Waals surface area (Å²) in [7, 11) is 0. The minimum Gasteiger partial charge on any atom is -0.490 e. The summed E-state index contributed by atoms with van der Waals surface area (Å²) in [6.07, 6.45) is 1.55. The van der Waals surface area contributed by atoms with Crippen LogP contribution < -0.4 is 19.7 Å². The maximum absolute atomic E-state index is 13.3. The second-order valence-corrected chi connectivity index (χ2v) is 8.49. The van der Waals surface area contributed by atoms with Gasteiger partial charge in [-0.2, -0.15) is 0 Å². The summed E-state index contributed by atoms with van der Waals surface area (Å²) in [6, 6.07) is 9.31. The molecule has 0 unspecified atom stereocenters. The maximum atomic E-state index is 13.3. The average molecular weight is 550 g/mol. The Morgan fingerprint density at radius 2 is 1.81 bits per heavy atom. The zero-order valence-corrected chi connectivity index (χ0v) is 20.7. The predicted molar refractivity (Wildman–Crippen MR) is 134 cm³/mol. The summed E-state index contributed by atoms with van der Waals surface area (Å²) in [5.41, 5.74) is 3.26. The Labute approximate surface area is 200 Å². The van der Waals surface area contributed by atoms with E-state index >= 15 is 0 Å². The van der Waals surface area contributed by atoms with E-state index in [4.69, 9.17) is 21.7 Å². The van der Waals surface area contributed by atoms with E-state index in [1.165, 1.54) is 4.90 Å². The minimum absolute atomic E-state index is 0.00372. The van der Waals surface area contributed by atoms with E-state index in [0.29, 0.717) is 36.0 Å². The quantitative estimate of drug-likeness (QED) is 0.248. The van der Waals surface area contributed by atoms with Crippen molar-refractivity contribution in [2.24, 2.45) is 0 Å². The van der Waals surface area contributed by atoms with E-state index in [1.54, 1.807) is 12.1 Å². The Morgan fingerprint density at radius 3 is 2.45 bits per heavy atom. The molecule has 31 heavy (non-hydrogen) atoms. The fourth-order valence-electron chi connectivity index (χ4n) is 3.32. The van der Waals surface area contributed by atoms with Crippen molar-refractivity contribution < 1.29 is 19.1 Å². The highest BCUT2D eigenvalue weighted by Gasteiger charge is 2.35. The lowest BCUT2D eigenvalue weighted by Gasteiger charge is -2.30. The smallest absolute Gasteiger partial charge is 0.270 e. The Hall–Kier alpha value is -2.46. The standard InChI is InChI=1S/C23H23IN2O4S/c1-5-29-19-12-15(11-17(24)20(19)30-6-2)10-16-21(27)25-23(31)26(22(16)28)18-8-7-13(3)9-14(18)4/h7-12H,5-6H2,1-4H3,(H,25,27,31)/b16-10+. The fourth-order valence-corrected chi connectivity index (χ4v) is 4.37. The molecular weight excluding hydrogens is 527 g/mol. The number of nitrogens with one attached hydrogen (secondary N) is 1. The molecule has 1 saturated heterocycles. The van der Waals surface area contributed by atoms with Crippen LogP contribution in [0.2, 0.25) is 0 Å². The van der Waals surface area contributed by atoms with Crippen molar-refractivity contribution in [1.82, 2.24) is 5.32 Å². The first kappa shape index (κ1) is 23.2. The molecule has 1 heterocycles. The molecule has 162 valence electrons. The van der Waals surface area contributed by atoms with E-state index in [9.17, 15) is 9.59 Å². The second kappa shape index (κ2) is 9.78. The molecule has 0 radical (unpaired) electrons. The predicted octanol–water partition coefficient (Wildman–Crippen LogP) is 4.54. The zero-order chi connectivity index (χ0) is 22.7. The van der Waals surface area contributed by atoms with E-state index in [2.05, 4.69) is 27.9 Å². The molecule has 0 aromatic heterocycles. The number of nitrogens with zero attached hydrogens (tertiary/aromatic N) is 1. The van der Waals surface area contributed by atoms with Crippen molar-refractivity contribution in [1.29, 1.82) is 0 Å². The number of aryl methyl sites for hydroxylation is 2. The molecule has 1 N–H and O–H groups in total. The minimum atomic E-state index is -0.530. The Bertz CT molecular complexity index is 1100. The van der Waals surface area contributed by atoms with Crippen molar-refractivity contribution in [2.75, 3.05) is 18.1 Å². The monoisotopic (exact) mass is 550 g/mol. The highest BCUT2D eigenvalue weighted by Crippen LogP contribution is 2.35. The van der Waals surface area contributed by atoms with Crippen LogP contribution in [-0.2, 0) is 9.59 Å². The molecule has 2 aromatic rings. The second-order valence-electron chi connectivity index (χ2n) is 6.94. The van der Waals surface area contributed by atoms with Gasteiger partial charge in [0, 0.05) is 0 Å². The molecule has 6 nitrogen and oxygen atoms in total. The molecule has 0 bridgehead atoms. The highest BCUT2D eigenvalue weighted by atomic mass is 127. The summed E-state index contributed by atoms with van der Waals surface area (Å²) in [4.78, 5) is 27.3. The van der Waals surface area contributed by atoms with Gasteiger partial charge in [0.1, 0.15) is 5.57 Å². The lowest BCUT2D eigenvalue weighted by molar-refractivity contribution is -0.122. The largest absolute Gasteiger partial charge is 0.490 e. The first-order valence-electron chi connectivity index (χ1n) is 9.84. The molecule has 0 saturated carbocycles. The number of halogens is 1. The number of anilines is 1. The molecule has 0 atom stereocenters. The molecule has 0 aliphatic carbocycles. The van der Waals surface area contributed by atoms with Gasteiger partial charge in [0.05, 0.1) is 22.5 Å². The number of thiocarbonyl (C=S) groups is 1. The number of hydrogen-bond acceptors (Lipinski definition) is 5. The normalized spacial score (nSPS) is 15.3. The Kier molecular flexibility index (Phi) is 7.32. The van der Waals surface area contributed by atoms with Crippen LogP contribution in [0, 0.1) is 17.4 Å². The van der Waals surface area contributed by atoms with Gasteiger partial charge in [-0.25, -0.2) is 0 Å². The van der Waals surface area contributed by atoms with Crippen molar-refractivity contribution in [2.45, 2.75) is 27.7 Å². The van der Waals surface area contributed by atoms with Gasteiger partial charge in [-0.05, 0) is 97.9 Å². The van der Waals surface area contributed by atoms with Crippen LogP contribution in [0.4, 0.5) is 5.69 Å². The molecule has 0 spiro atoms. The van der Waals surface area contributed by atoms with Crippen LogP contribution in [0.3, 0.4) is 0 Å². The molecule has 2 aromatic carbocycles. The lowest BCUT2D eigenvalue weighted by Crippen LogP contribution is -2.54. The fraction of sp³-hybridized carbons (Fsp3) is 0.261. The number of carbonyl (C=O) groups excluding carboxylic acids is 2. The van der Waals surface area contributed by atoms with Gasteiger partial charge in [0.25, 0.3) is 11.8 Å². The summed E-state index contributed by atoms with van der Waals surface area (Å²) in [5.74, 6) is 0.207. The molecule has 2 amide bonds. The van der Waals surface area contributed by atoms with Crippen LogP contribution in [-0.4, -0.2) is 30.1 Å². The number of amides is 2. The van der Waals surface area contributed by atoms with Gasteiger partial charge in [-0.1, -0.05) is 17.7 Å². The van der Waals surface area contributed by atoms with Crippen LogP contribution in [0.25, 0.3) is 6.08 Å². The molecule has 8 heteroatoms. The first-order chi connectivity index (χ1) is 14.8. The van der Waals surface area contributed by atoms with Gasteiger partial charge in [0.15, 0.2) is 16.6 Å². The summed E-state index contributed by atoms with van der Waals surface area (Å²) in [5, 5.41) is 2.69. The van der Waals surface area contributed by atoms with Crippen LogP contribution >= 0.6 is 34.8 Å². The summed E-state index contributed by atoms with van der Waals surface area (Å²) < 4.78 is 12.2. The summed E-state index contributed by atoms with van der Waals surface area (Å²) in [6.45, 7) is 8.63. The van der Waals surface area contributed by atoms with Crippen molar-refractivity contribution in [3.63, 3.8) is 0 Å². The molecule has 1 fully saturated rings. The van der Waals surface area contributed by atoms with Gasteiger partial charge >= 0.3 is 0 Å². The molecule has 1 aliphatic heterocycles. The van der Waals surface area contributed by atoms with Gasteiger partial charge in [-0.15, -0.1) is 0 Å². The van der Waals surface area contributed by atoms with E-state index in [-0.39, 0.29) is 10.7 Å². The maximum Gasteiger partial charge on any atom is 0.270 e. The molecule has 1 aliphatic rings. The van der Waals surface area contributed by atoms with Crippen LogP contribution in [0.5, 0.6) is 11.5 Å². The number of carbonyl (C=O) groups is 2. The average Bonchev–Trinajstić information content (AvgIpc) is 2.69. The Morgan fingerprint density at radius 1 is 1.10 bits per heavy atom. The van der Waals surface area contributed by atoms with Crippen molar-refractivity contribution in [3.05, 3.63) is 56.2 Å². The first-order valence-corrected chi connectivity index (χ1v) is 11.3. The number of benzene rings is 2. The highest BCUT2D eigenvalue weighted by molar-refractivity contribution is 14.1. The topological polar surface area (TPSA) is 67.9 Å².